The van der Waals surface area contributed by atoms with Gasteiger partial charge in [-0.2, -0.15) is 4.68 Å². The Bertz CT molecular complexity index is 1030. The summed E-state index contributed by atoms with van der Waals surface area (Å²) in [5.41, 5.74) is 2.13. The average molecular weight is 371 g/mol. The lowest BCUT2D eigenvalue weighted by molar-refractivity contribution is 0.101. The number of hydrogen-bond acceptors (Lipinski definition) is 7. The molecule has 0 aliphatic heterocycles. The maximum Gasteiger partial charge on any atom is 0.175 e. The van der Waals surface area contributed by atoms with E-state index in [1.807, 2.05) is 12.1 Å². The number of nitrogens with one attached hydrogen (secondary N) is 1. The number of benzene rings is 2. The summed E-state index contributed by atoms with van der Waals surface area (Å²) in [5.74, 6) is 0.575. The Kier molecular flexibility index (Phi) is 4.81. The summed E-state index contributed by atoms with van der Waals surface area (Å²) in [7, 11) is -3.25. The first-order valence-corrected chi connectivity index (χ1v) is 9.66. The number of hydrogen-bond donors (Lipinski definition) is 1. The number of sulfone groups is 1. The molecule has 0 saturated heterocycles. The molecule has 0 aliphatic rings. The van der Waals surface area contributed by atoms with E-state index in [2.05, 4.69) is 20.8 Å². The molecule has 2 aromatic carbocycles. The van der Waals surface area contributed by atoms with E-state index in [1.165, 1.54) is 23.7 Å². The number of carbonyl (C=O) groups is 1. The molecule has 0 spiro atoms. The number of aromatic nitrogens is 4. The van der Waals surface area contributed by atoms with Crippen molar-refractivity contribution in [3.63, 3.8) is 0 Å². The summed E-state index contributed by atoms with van der Waals surface area (Å²) >= 11 is 0. The van der Waals surface area contributed by atoms with E-state index in [-0.39, 0.29) is 10.7 Å². The molecule has 0 saturated carbocycles. The number of ketones is 1. The summed E-state index contributed by atoms with van der Waals surface area (Å²) in [4.78, 5) is 11.5. The highest BCUT2D eigenvalue weighted by atomic mass is 32.2. The van der Waals surface area contributed by atoms with E-state index >= 15 is 0 Å². The second-order valence-corrected chi connectivity index (χ2v) is 7.78. The van der Waals surface area contributed by atoms with Crippen molar-refractivity contribution >= 4 is 21.3 Å². The molecule has 8 nitrogen and oxygen atoms in total. The highest BCUT2D eigenvalue weighted by Gasteiger charge is 2.11. The molecule has 0 radical (unpaired) electrons. The fourth-order valence-corrected chi connectivity index (χ4v) is 2.99. The number of nitrogens with zero attached hydrogens (tertiary/aromatic N) is 4. The minimum Gasteiger partial charge on any atom is -0.378 e. The maximum absolute atomic E-state index is 11.5. The summed E-state index contributed by atoms with van der Waals surface area (Å²) < 4.78 is 24.6. The van der Waals surface area contributed by atoms with Gasteiger partial charge in [-0.3, -0.25) is 4.79 Å². The van der Waals surface area contributed by atoms with Gasteiger partial charge >= 0.3 is 0 Å². The van der Waals surface area contributed by atoms with Gasteiger partial charge in [-0.05, 0) is 65.9 Å². The molecule has 0 bridgehead atoms. The molecular formula is C17H17N5O3S. The Balaban J connectivity index is 1.75. The van der Waals surface area contributed by atoms with E-state index in [9.17, 15) is 13.2 Å². The van der Waals surface area contributed by atoms with Crippen LogP contribution in [-0.2, 0) is 16.4 Å². The third kappa shape index (κ3) is 3.94. The van der Waals surface area contributed by atoms with Gasteiger partial charge in [-0.15, -0.1) is 5.10 Å². The first kappa shape index (κ1) is 17.7. The predicted octanol–water partition coefficient (Wildman–Crippen LogP) is 1.88. The molecule has 134 valence electrons. The zero-order valence-electron chi connectivity index (χ0n) is 14.2. The molecule has 1 aromatic heterocycles. The van der Waals surface area contributed by atoms with Crippen molar-refractivity contribution in [1.82, 2.24) is 20.2 Å². The van der Waals surface area contributed by atoms with Crippen molar-refractivity contribution in [2.45, 2.75) is 18.4 Å². The van der Waals surface area contributed by atoms with Crippen LogP contribution in [0.4, 0.5) is 5.69 Å². The second-order valence-electron chi connectivity index (χ2n) is 5.76. The fraction of sp³-hybridized carbons (Fsp3) is 0.176. The van der Waals surface area contributed by atoms with Crippen LogP contribution in [0, 0.1) is 0 Å². The molecule has 1 heterocycles. The van der Waals surface area contributed by atoms with Crippen molar-refractivity contribution in [3.05, 3.63) is 59.9 Å². The van der Waals surface area contributed by atoms with Crippen LogP contribution in [0.2, 0.25) is 0 Å². The largest absolute Gasteiger partial charge is 0.378 e. The van der Waals surface area contributed by atoms with Crippen LogP contribution < -0.4 is 5.32 Å². The summed E-state index contributed by atoms with van der Waals surface area (Å²) in [6.45, 7) is 1.88. The molecule has 0 unspecified atom stereocenters. The molecule has 1 N–H and O–H groups in total. The summed E-state index contributed by atoms with van der Waals surface area (Å²) in [6, 6.07) is 13.5. The third-order valence-corrected chi connectivity index (χ3v) is 4.91. The Morgan fingerprint density at radius 1 is 1.08 bits per heavy atom. The minimum atomic E-state index is -3.25. The summed E-state index contributed by atoms with van der Waals surface area (Å²) in [5, 5.41) is 14.8. The molecule has 0 fully saturated rings. The monoisotopic (exact) mass is 371 g/mol. The average Bonchev–Trinajstić information content (AvgIpc) is 3.08. The maximum atomic E-state index is 11.5. The molecule has 0 atom stereocenters. The molecule has 26 heavy (non-hydrogen) atoms. The topological polar surface area (TPSA) is 107 Å². The molecule has 3 aromatic rings. The zero-order valence-corrected chi connectivity index (χ0v) is 15.1. The van der Waals surface area contributed by atoms with Crippen LogP contribution in [0.5, 0.6) is 0 Å². The number of carbonyl (C=O) groups excluding carboxylic acids is 1. The lowest BCUT2D eigenvalue weighted by atomic mass is 10.1. The molecule has 0 amide bonds. The standard InChI is InChI=1S/C17H17N5O3S/c1-12(23)13-3-5-14(6-4-13)18-11-17-19-20-21-22(17)15-7-9-16(10-8-15)26(2,24)25/h3-10,18H,11H2,1-2H3. The van der Waals surface area contributed by atoms with Gasteiger partial charge in [0.25, 0.3) is 0 Å². The quantitative estimate of drug-likeness (QED) is 0.659. The summed E-state index contributed by atoms with van der Waals surface area (Å²) in [6.07, 6.45) is 1.16. The fourth-order valence-electron chi connectivity index (χ4n) is 2.35. The molecule has 9 heteroatoms. The van der Waals surface area contributed by atoms with E-state index in [0.717, 1.165) is 11.9 Å². The van der Waals surface area contributed by atoms with Gasteiger partial charge < -0.3 is 5.32 Å². The Labute approximate surface area is 150 Å². The second kappa shape index (κ2) is 7.04. The van der Waals surface area contributed by atoms with Crippen molar-refractivity contribution in [2.24, 2.45) is 0 Å². The van der Waals surface area contributed by atoms with E-state index in [0.29, 0.717) is 23.6 Å². The Morgan fingerprint density at radius 2 is 1.73 bits per heavy atom. The zero-order chi connectivity index (χ0) is 18.7. The van der Waals surface area contributed by atoms with Crippen molar-refractivity contribution in [3.8, 4) is 5.69 Å². The van der Waals surface area contributed by atoms with Gasteiger partial charge in [-0.1, -0.05) is 0 Å². The van der Waals surface area contributed by atoms with Gasteiger partial charge in [0.2, 0.25) is 0 Å². The van der Waals surface area contributed by atoms with Gasteiger partial charge in [0.05, 0.1) is 17.1 Å². The SMILES string of the molecule is CC(=O)c1ccc(NCc2nnnn2-c2ccc(S(C)(=O)=O)cc2)cc1. The van der Waals surface area contributed by atoms with Crippen molar-refractivity contribution in [2.75, 3.05) is 11.6 Å². The third-order valence-electron chi connectivity index (χ3n) is 3.79. The predicted molar refractivity (Wildman–Crippen MR) is 96.0 cm³/mol. The number of tetrazole rings is 1. The highest BCUT2D eigenvalue weighted by molar-refractivity contribution is 7.90. The van der Waals surface area contributed by atoms with Crippen LogP contribution in [0.25, 0.3) is 5.69 Å². The lowest BCUT2D eigenvalue weighted by Crippen LogP contribution is -2.09. The van der Waals surface area contributed by atoms with Crippen LogP contribution in [-0.4, -0.2) is 40.7 Å². The van der Waals surface area contributed by atoms with E-state index in [4.69, 9.17) is 0 Å². The van der Waals surface area contributed by atoms with Gasteiger partial charge in [0.15, 0.2) is 21.4 Å². The van der Waals surface area contributed by atoms with Gasteiger partial charge in [0, 0.05) is 17.5 Å². The molecule has 3 rings (SSSR count). The van der Waals surface area contributed by atoms with Crippen molar-refractivity contribution in [1.29, 1.82) is 0 Å². The van der Waals surface area contributed by atoms with Gasteiger partial charge in [-0.25, -0.2) is 8.42 Å². The Hall–Kier alpha value is -3.07. The minimum absolute atomic E-state index is 0.0121. The first-order chi connectivity index (χ1) is 12.3. The first-order valence-electron chi connectivity index (χ1n) is 7.77. The van der Waals surface area contributed by atoms with Crippen LogP contribution in [0.3, 0.4) is 0 Å². The smallest absolute Gasteiger partial charge is 0.175 e. The van der Waals surface area contributed by atoms with E-state index < -0.39 is 9.84 Å². The Morgan fingerprint density at radius 3 is 2.31 bits per heavy atom. The number of rotatable bonds is 6. The van der Waals surface area contributed by atoms with Crippen LogP contribution in [0.1, 0.15) is 23.1 Å². The number of anilines is 1. The molecule has 0 aliphatic carbocycles. The van der Waals surface area contributed by atoms with Gasteiger partial charge in [0.1, 0.15) is 0 Å². The highest BCUT2D eigenvalue weighted by Crippen LogP contribution is 2.15. The normalized spacial score (nSPS) is 11.3. The van der Waals surface area contributed by atoms with Crippen LogP contribution in [0.15, 0.2) is 53.4 Å². The van der Waals surface area contributed by atoms with Crippen LogP contribution >= 0.6 is 0 Å². The number of Topliss-reactive ketones (excluding diaryl/α,β-unsaturated/α-hetero) is 1. The van der Waals surface area contributed by atoms with Crippen molar-refractivity contribution < 1.29 is 13.2 Å². The molecular weight excluding hydrogens is 354 g/mol. The lowest BCUT2D eigenvalue weighted by Gasteiger charge is -2.08. The van der Waals surface area contributed by atoms with E-state index in [1.54, 1.807) is 24.3 Å².